The van der Waals surface area contributed by atoms with Gasteiger partial charge in [0.1, 0.15) is 24.2 Å². The molecule has 200 valence electrons. The second-order valence-electron chi connectivity index (χ2n) is 10.6. The average molecular weight is 524 g/mol. The third-order valence-electron chi connectivity index (χ3n) is 7.61. The zero-order valence-corrected chi connectivity index (χ0v) is 22.6. The average Bonchev–Trinajstić information content (AvgIpc) is 3.36. The summed E-state index contributed by atoms with van der Waals surface area (Å²) < 4.78 is 7.69. The van der Waals surface area contributed by atoms with Gasteiger partial charge in [0.05, 0.1) is 23.5 Å². The van der Waals surface area contributed by atoms with Crippen molar-refractivity contribution >= 4 is 17.2 Å². The first-order chi connectivity index (χ1) is 18.8. The van der Waals surface area contributed by atoms with E-state index in [9.17, 15) is 10.1 Å². The van der Waals surface area contributed by atoms with E-state index in [-0.39, 0.29) is 5.41 Å². The fraction of sp³-hybridized carbons (Fsp3) is 0.333. The first-order valence-electron chi connectivity index (χ1n) is 13.1. The van der Waals surface area contributed by atoms with Crippen LogP contribution >= 0.6 is 0 Å². The Bertz CT molecular complexity index is 1530. The minimum atomic E-state index is -0.400. The Labute approximate surface area is 228 Å². The van der Waals surface area contributed by atoms with E-state index >= 15 is 0 Å². The summed E-state index contributed by atoms with van der Waals surface area (Å²) in [6, 6.07) is 16.0. The smallest absolute Gasteiger partial charge is 0.248 e. The molecule has 1 fully saturated rings. The molecule has 1 aliphatic rings. The quantitative estimate of drug-likeness (QED) is 0.373. The molecule has 0 bridgehead atoms. The van der Waals surface area contributed by atoms with Crippen molar-refractivity contribution in [1.82, 2.24) is 19.5 Å². The summed E-state index contributed by atoms with van der Waals surface area (Å²) in [6.07, 6.45) is 7.11. The number of carbonyl (C=O) groups is 1. The number of pyridine rings is 2. The van der Waals surface area contributed by atoms with Crippen LogP contribution in [0.3, 0.4) is 0 Å². The second kappa shape index (κ2) is 10.8. The van der Waals surface area contributed by atoms with E-state index < -0.39 is 5.91 Å². The summed E-state index contributed by atoms with van der Waals surface area (Å²) in [4.78, 5) is 20.8. The number of fused-ring (bicyclic) bond motifs is 1. The summed E-state index contributed by atoms with van der Waals surface area (Å²) in [6.45, 7) is 5.28. The van der Waals surface area contributed by atoms with Crippen molar-refractivity contribution < 1.29 is 9.53 Å². The van der Waals surface area contributed by atoms with E-state index in [1.54, 1.807) is 23.0 Å². The molecule has 0 atom stereocenters. The van der Waals surface area contributed by atoms with Crippen molar-refractivity contribution in [2.45, 2.75) is 25.2 Å². The maximum absolute atomic E-state index is 11.7. The van der Waals surface area contributed by atoms with E-state index in [4.69, 9.17) is 15.5 Å². The van der Waals surface area contributed by atoms with Crippen LogP contribution in [0.4, 0.5) is 5.82 Å². The zero-order valence-electron chi connectivity index (χ0n) is 22.6. The van der Waals surface area contributed by atoms with E-state index in [1.165, 1.54) is 0 Å². The van der Waals surface area contributed by atoms with Crippen molar-refractivity contribution in [3.63, 3.8) is 0 Å². The van der Waals surface area contributed by atoms with Crippen molar-refractivity contribution in [2.75, 3.05) is 45.2 Å². The van der Waals surface area contributed by atoms with Crippen LogP contribution in [0.5, 0.6) is 5.75 Å². The predicted molar refractivity (Wildman–Crippen MR) is 151 cm³/mol. The van der Waals surface area contributed by atoms with Gasteiger partial charge in [0.25, 0.3) is 0 Å². The lowest BCUT2D eigenvalue weighted by Gasteiger charge is -2.40. The fourth-order valence-corrected chi connectivity index (χ4v) is 5.12. The summed E-state index contributed by atoms with van der Waals surface area (Å²) in [7, 11) is 4.00. The van der Waals surface area contributed by atoms with Crippen LogP contribution in [0.2, 0.25) is 0 Å². The van der Waals surface area contributed by atoms with Gasteiger partial charge in [0.2, 0.25) is 5.91 Å². The largest absolute Gasteiger partial charge is 0.491 e. The maximum atomic E-state index is 11.7. The van der Waals surface area contributed by atoms with E-state index in [1.807, 2.05) is 50.6 Å². The number of nitriles is 1. The third kappa shape index (κ3) is 5.42. The summed E-state index contributed by atoms with van der Waals surface area (Å²) in [5.41, 5.74) is 10.2. The highest BCUT2D eigenvalue weighted by Crippen LogP contribution is 2.37. The molecule has 0 aliphatic carbocycles. The first kappa shape index (κ1) is 26.2. The topological polar surface area (TPSA) is 113 Å². The van der Waals surface area contributed by atoms with Gasteiger partial charge in [-0.3, -0.25) is 4.79 Å². The number of hydrogen-bond acceptors (Lipinski definition) is 7. The highest BCUT2D eigenvalue weighted by atomic mass is 16.5. The number of nitrogens with two attached hydrogens (primary N) is 1. The number of piperidine rings is 1. The molecule has 0 radical (unpaired) electrons. The second-order valence-corrected chi connectivity index (χ2v) is 10.6. The lowest BCUT2D eigenvalue weighted by molar-refractivity contribution is 0.1000. The van der Waals surface area contributed by atoms with Crippen molar-refractivity contribution in [2.24, 2.45) is 5.73 Å². The molecule has 1 amide bonds. The molecule has 0 unspecified atom stereocenters. The van der Waals surface area contributed by atoms with Crippen LogP contribution in [-0.4, -0.2) is 65.7 Å². The molecule has 1 saturated heterocycles. The van der Waals surface area contributed by atoms with Crippen LogP contribution < -0.4 is 15.4 Å². The van der Waals surface area contributed by atoms with E-state index in [0.717, 1.165) is 60.5 Å². The van der Waals surface area contributed by atoms with Gasteiger partial charge in [-0.05, 0) is 68.2 Å². The number of nitrogens with zero attached hydrogens (tertiary/aromatic N) is 6. The number of aromatic nitrogens is 3. The number of rotatable bonds is 8. The van der Waals surface area contributed by atoms with Gasteiger partial charge in [0, 0.05) is 42.5 Å². The van der Waals surface area contributed by atoms with Gasteiger partial charge in [-0.25, -0.2) is 9.50 Å². The number of benzene rings is 1. The molecule has 3 aromatic heterocycles. The number of anilines is 1. The third-order valence-corrected chi connectivity index (χ3v) is 7.61. The highest BCUT2D eigenvalue weighted by Gasteiger charge is 2.32. The monoisotopic (exact) mass is 523 g/mol. The highest BCUT2D eigenvalue weighted by molar-refractivity contribution is 5.93. The Morgan fingerprint density at radius 2 is 1.97 bits per heavy atom. The Morgan fingerprint density at radius 1 is 1.18 bits per heavy atom. The number of primary amides is 1. The molecule has 2 N–H and O–H groups in total. The number of ether oxygens (including phenoxy) is 1. The van der Waals surface area contributed by atoms with Crippen LogP contribution in [0, 0.1) is 11.3 Å². The van der Waals surface area contributed by atoms with Crippen LogP contribution in [-0.2, 0) is 5.41 Å². The Hall–Kier alpha value is -4.42. The minimum Gasteiger partial charge on any atom is -0.491 e. The predicted octanol–water partition coefficient (Wildman–Crippen LogP) is 3.87. The Balaban J connectivity index is 1.36. The molecule has 39 heavy (non-hydrogen) atoms. The summed E-state index contributed by atoms with van der Waals surface area (Å²) in [5, 5.41) is 14.0. The lowest BCUT2D eigenvalue weighted by Crippen LogP contribution is -2.41. The van der Waals surface area contributed by atoms with Gasteiger partial charge in [-0.1, -0.05) is 19.1 Å². The minimum absolute atomic E-state index is 0.0315. The van der Waals surface area contributed by atoms with E-state index in [2.05, 4.69) is 34.0 Å². The molecule has 0 spiro atoms. The van der Waals surface area contributed by atoms with Gasteiger partial charge in [0.15, 0.2) is 0 Å². The van der Waals surface area contributed by atoms with Crippen molar-refractivity contribution in [1.29, 1.82) is 5.26 Å². The molecule has 1 aromatic carbocycles. The van der Waals surface area contributed by atoms with Gasteiger partial charge in [-0.2, -0.15) is 10.4 Å². The summed E-state index contributed by atoms with van der Waals surface area (Å²) in [5.74, 6) is 1.20. The van der Waals surface area contributed by atoms with Gasteiger partial charge in [-0.15, -0.1) is 0 Å². The number of likely N-dealkylation sites (N-methyl/N-ethyl adjacent to an activating group) is 1. The molecular formula is C30H33N7O2. The molecular weight excluding hydrogens is 490 g/mol. The van der Waals surface area contributed by atoms with Crippen LogP contribution in [0.25, 0.3) is 16.6 Å². The van der Waals surface area contributed by atoms with Crippen molar-refractivity contribution in [3.05, 3.63) is 77.7 Å². The van der Waals surface area contributed by atoms with Crippen LogP contribution in [0.15, 0.2) is 61.1 Å². The summed E-state index contributed by atoms with van der Waals surface area (Å²) >= 11 is 0. The van der Waals surface area contributed by atoms with Gasteiger partial charge >= 0.3 is 0 Å². The molecule has 4 heterocycles. The number of carbonyl (C=O) groups excluding carboxylic acids is 1. The van der Waals surface area contributed by atoms with E-state index in [0.29, 0.717) is 23.5 Å². The molecule has 5 rings (SSSR count). The number of amides is 1. The van der Waals surface area contributed by atoms with Crippen molar-refractivity contribution in [3.8, 4) is 22.9 Å². The Morgan fingerprint density at radius 3 is 2.64 bits per heavy atom. The molecule has 9 nitrogen and oxygen atoms in total. The van der Waals surface area contributed by atoms with Crippen LogP contribution in [0.1, 0.15) is 41.3 Å². The molecule has 1 aliphatic heterocycles. The zero-order chi connectivity index (χ0) is 27.6. The first-order valence-corrected chi connectivity index (χ1v) is 13.1. The fourth-order valence-electron chi connectivity index (χ4n) is 5.12. The lowest BCUT2D eigenvalue weighted by atomic mass is 9.74. The standard InChI is InChI=1S/C30H33N7O2/c1-30(24-6-4-5-21(15-24)29(32)38)9-11-36(12-10-30)27-8-7-22(18-33-27)26-16-25(39-14-13-35(2)3)20-37-28(26)23(17-31)19-34-37/h4-8,15-16,18-20H,9-14H2,1-3H3,(H2,32,38). The SMILES string of the molecule is CN(C)CCOc1cc(-c2ccc(N3CCC(C)(c4cccc(C(N)=O)c4)CC3)nc2)c2c(C#N)cnn2c1. The Kier molecular flexibility index (Phi) is 7.22. The van der Waals surface area contributed by atoms with Gasteiger partial charge < -0.3 is 20.3 Å². The molecule has 4 aromatic rings. The molecule has 9 heteroatoms. The number of hydrogen-bond donors (Lipinski definition) is 1. The molecule has 0 saturated carbocycles. The normalized spacial score (nSPS) is 14.9. The maximum Gasteiger partial charge on any atom is 0.248 e.